The Morgan fingerprint density at radius 1 is 0.745 bits per heavy atom. The number of allylic oxidation sites excluding steroid dienone is 9. The number of thioether (sulfide) groups is 1. The highest BCUT2D eigenvalue weighted by Gasteiger charge is 2.34. The Balaban J connectivity index is 1.20. The average Bonchev–Trinajstić information content (AvgIpc) is 3.76. The van der Waals surface area contributed by atoms with Gasteiger partial charge >= 0.3 is 0 Å². The first-order valence-corrected chi connectivity index (χ1v) is 18.4. The lowest BCUT2D eigenvalue weighted by molar-refractivity contribution is 0.547. The molecule has 0 spiro atoms. The van der Waals surface area contributed by atoms with Crippen molar-refractivity contribution >= 4 is 39.5 Å². The molecule has 0 bridgehead atoms. The number of benzene rings is 4. The van der Waals surface area contributed by atoms with Gasteiger partial charge in [-0.05, 0) is 47.2 Å². The number of aryl methyl sites for hydroxylation is 1. The van der Waals surface area contributed by atoms with Gasteiger partial charge in [0, 0.05) is 50.1 Å². The second-order valence-electron chi connectivity index (χ2n) is 13.0. The Morgan fingerprint density at radius 2 is 1.53 bits per heavy atom. The van der Waals surface area contributed by atoms with Gasteiger partial charge in [-0.1, -0.05) is 146 Å². The molecule has 0 fully saturated rings. The minimum atomic E-state index is 0.294. The van der Waals surface area contributed by atoms with E-state index in [1.165, 1.54) is 27.2 Å². The molecule has 0 saturated heterocycles. The molecule has 0 radical (unpaired) electrons. The molecule has 2 aromatic heterocycles. The third-order valence-electron chi connectivity index (χ3n) is 9.84. The molecule has 51 heavy (non-hydrogen) atoms. The SMILES string of the molecule is C=C/C=C\C=C/Cc1ccc(C2=C(c3nc(C4=CC5Sc6ccccc6C5C=C4)nc(-c4ccccc4)n3)c3c(oc4ccccc34)CC2)cc1. The molecule has 0 amide bonds. The molecule has 1 aliphatic heterocycles. The molecule has 5 heteroatoms. The van der Waals surface area contributed by atoms with Crippen molar-refractivity contribution in [3.8, 4) is 11.4 Å². The van der Waals surface area contributed by atoms with Gasteiger partial charge < -0.3 is 4.42 Å². The highest BCUT2D eigenvalue weighted by Crippen LogP contribution is 2.50. The zero-order valence-electron chi connectivity index (χ0n) is 28.1. The number of para-hydroxylation sites is 1. The smallest absolute Gasteiger partial charge is 0.165 e. The van der Waals surface area contributed by atoms with Gasteiger partial charge in [0.15, 0.2) is 17.5 Å². The molecule has 2 aliphatic carbocycles. The zero-order valence-corrected chi connectivity index (χ0v) is 28.9. The van der Waals surface area contributed by atoms with Crippen molar-refractivity contribution in [3.63, 3.8) is 0 Å². The van der Waals surface area contributed by atoms with Crippen LogP contribution in [-0.4, -0.2) is 20.2 Å². The van der Waals surface area contributed by atoms with Gasteiger partial charge in [0.2, 0.25) is 0 Å². The van der Waals surface area contributed by atoms with E-state index in [-0.39, 0.29) is 0 Å². The first-order chi connectivity index (χ1) is 25.2. The number of rotatable bonds is 8. The highest BCUT2D eigenvalue weighted by atomic mass is 32.2. The third kappa shape index (κ3) is 5.94. The fraction of sp³-hybridized carbons (Fsp3) is 0.109. The summed E-state index contributed by atoms with van der Waals surface area (Å²) in [6.45, 7) is 3.74. The van der Waals surface area contributed by atoms with Crippen molar-refractivity contribution in [1.29, 1.82) is 0 Å². The Labute approximate surface area is 302 Å². The van der Waals surface area contributed by atoms with Crippen LogP contribution in [0, 0.1) is 0 Å². The van der Waals surface area contributed by atoms with Crippen LogP contribution in [-0.2, 0) is 12.8 Å². The van der Waals surface area contributed by atoms with Crippen LogP contribution in [0.4, 0.5) is 0 Å². The zero-order chi connectivity index (χ0) is 34.1. The number of hydrogen-bond acceptors (Lipinski definition) is 5. The molecular weight excluding hydrogens is 643 g/mol. The van der Waals surface area contributed by atoms with E-state index in [9.17, 15) is 0 Å². The monoisotopic (exact) mass is 677 g/mol. The van der Waals surface area contributed by atoms with E-state index in [0.29, 0.717) is 28.6 Å². The maximum atomic E-state index is 6.51. The van der Waals surface area contributed by atoms with E-state index in [1.54, 1.807) is 6.08 Å². The van der Waals surface area contributed by atoms with Crippen molar-refractivity contribution < 1.29 is 4.42 Å². The maximum Gasteiger partial charge on any atom is 0.165 e. The summed E-state index contributed by atoms with van der Waals surface area (Å²) in [4.78, 5) is 17.1. The van der Waals surface area contributed by atoms with Gasteiger partial charge in [-0.15, -0.1) is 11.8 Å². The van der Waals surface area contributed by atoms with Crippen molar-refractivity contribution in [1.82, 2.24) is 15.0 Å². The number of fused-ring (bicyclic) bond motifs is 6. The van der Waals surface area contributed by atoms with Crippen LogP contribution in [0.15, 0.2) is 168 Å². The molecule has 3 heterocycles. The van der Waals surface area contributed by atoms with Crippen LogP contribution in [0.3, 0.4) is 0 Å². The molecular formula is C46H35N3OS. The molecule has 0 saturated carbocycles. The van der Waals surface area contributed by atoms with Crippen LogP contribution < -0.4 is 0 Å². The fourth-order valence-electron chi connectivity index (χ4n) is 7.40. The molecule has 2 unspecified atom stereocenters. The van der Waals surface area contributed by atoms with Crippen LogP contribution in [0.25, 0.3) is 39.1 Å². The Hall–Kier alpha value is -5.78. The lowest BCUT2D eigenvalue weighted by atomic mass is 9.84. The first kappa shape index (κ1) is 31.2. The van der Waals surface area contributed by atoms with Crippen LogP contribution in [0.5, 0.6) is 0 Å². The predicted molar refractivity (Wildman–Crippen MR) is 210 cm³/mol. The van der Waals surface area contributed by atoms with Gasteiger partial charge in [0.05, 0.1) is 0 Å². The summed E-state index contributed by atoms with van der Waals surface area (Å²) in [7, 11) is 0. The van der Waals surface area contributed by atoms with Crippen molar-refractivity contribution in [2.75, 3.05) is 0 Å². The molecule has 246 valence electrons. The van der Waals surface area contributed by atoms with Crippen LogP contribution >= 0.6 is 11.8 Å². The van der Waals surface area contributed by atoms with Gasteiger partial charge in [0.1, 0.15) is 11.3 Å². The van der Waals surface area contributed by atoms with E-state index in [4.69, 9.17) is 19.4 Å². The molecule has 2 atom stereocenters. The van der Waals surface area contributed by atoms with Crippen molar-refractivity contribution in [3.05, 3.63) is 198 Å². The Morgan fingerprint density at radius 3 is 2.41 bits per heavy atom. The molecule has 0 N–H and O–H groups in total. The first-order valence-electron chi connectivity index (χ1n) is 17.5. The van der Waals surface area contributed by atoms with Crippen LogP contribution in [0.1, 0.15) is 52.0 Å². The average molecular weight is 678 g/mol. The normalized spacial score (nSPS) is 17.9. The lowest BCUT2D eigenvalue weighted by Gasteiger charge is -2.22. The molecule has 3 aliphatic rings. The summed E-state index contributed by atoms with van der Waals surface area (Å²) in [5.74, 6) is 3.34. The van der Waals surface area contributed by atoms with E-state index in [0.717, 1.165) is 58.3 Å². The minimum absolute atomic E-state index is 0.294. The standard InChI is InChI=1S/C46H35N3OS/c1-2-3-4-5-7-14-30-21-23-31(24-22-30)34-27-28-39-42(37-18-10-12-19-38(37)50-39)43(34)46-48-44(32-15-8-6-9-16-32)47-45(49-46)33-25-26-36-35-17-11-13-20-40(35)51-41(36)29-33/h2-13,15-26,29,36,41H,1,14,27-28H2/b4-3-,7-5-. The number of hydrogen-bond donors (Lipinski definition) is 0. The summed E-state index contributed by atoms with van der Waals surface area (Å²) in [6.07, 6.45) is 19.3. The minimum Gasteiger partial charge on any atom is -0.460 e. The second-order valence-corrected chi connectivity index (χ2v) is 14.2. The predicted octanol–water partition coefficient (Wildman–Crippen LogP) is 11.2. The summed E-state index contributed by atoms with van der Waals surface area (Å²) in [6, 6.07) is 36.2. The van der Waals surface area contributed by atoms with E-state index in [1.807, 2.05) is 48.2 Å². The Kier molecular flexibility index (Phi) is 8.26. The summed E-state index contributed by atoms with van der Waals surface area (Å²) in [5.41, 5.74) is 10.00. The molecule has 4 nitrogen and oxygen atoms in total. The number of aromatic nitrogens is 3. The third-order valence-corrected chi connectivity index (χ3v) is 11.2. The van der Waals surface area contributed by atoms with Crippen molar-refractivity contribution in [2.24, 2.45) is 0 Å². The molecule has 9 rings (SSSR count). The van der Waals surface area contributed by atoms with Gasteiger partial charge in [-0.2, -0.15) is 0 Å². The fourth-order valence-corrected chi connectivity index (χ4v) is 8.79. The maximum absolute atomic E-state index is 6.51. The van der Waals surface area contributed by atoms with E-state index < -0.39 is 0 Å². The largest absolute Gasteiger partial charge is 0.460 e. The highest BCUT2D eigenvalue weighted by molar-refractivity contribution is 8.00. The Bertz CT molecular complexity index is 2450. The summed E-state index contributed by atoms with van der Waals surface area (Å²) < 4.78 is 6.51. The quantitative estimate of drug-likeness (QED) is 0.150. The van der Waals surface area contributed by atoms with Gasteiger partial charge in [-0.3, -0.25) is 0 Å². The second kappa shape index (κ2) is 13.5. The van der Waals surface area contributed by atoms with E-state index in [2.05, 4.69) is 116 Å². The van der Waals surface area contributed by atoms with Crippen LogP contribution in [0.2, 0.25) is 0 Å². The van der Waals surface area contributed by atoms with E-state index >= 15 is 0 Å². The van der Waals surface area contributed by atoms with Gasteiger partial charge in [0.25, 0.3) is 0 Å². The number of furan rings is 1. The molecule has 6 aromatic rings. The number of nitrogens with zero attached hydrogens (tertiary/aromatic N) is 3. The summed E-state index contributed by atoms with van der Waals surface area (Å²) in [5, 5.41) is 1.38. The lowest BCUT2D eigenvalue weighted by Crippen LogP contribution is -2.13. The summed E-state index contributed by atoms with van der Waals surface area (Å²) >= 11 is 1.92. The van der Waals surface area contributed by atoms with Crippen molar-refractivity contribution in [2.45, 2.75) is 35.3 Å². The van der Waals surface area contributed by atoms with Gasteiger partial charge in [-0.25, -0.2) is 15.0 Å². The topological polar surface area (TPSA) is 51.8 Å². The molecule has 4 aromatic carbocycles.